The minimum atomic E-state index is -5.07. The first-order chi connectivity index (χ1) is 16.1. The van der Waals surface area contributed by atoms with E-state index in [4.69, 9.17) is 4.74 Å². The Morgan fingerprint density at radius 1 is 1.20 bits per heavy atom. The van der Waals surface area contributed by atoms with Crippen molar-refractivity contribution >= 4 is 24.0 Å². The molecule has 2 aromatic carbocycles. The smallest absolute Gasteiger partial charge is 0.435 e. The Bertz CT molecular complexity index is 1020. The molecule has 0 aliphatic carbocycles. The van der Waals surface area contributed by atoms with Crippen molar-refractivity contribution in [2.45, 2.75) is 49.6 Å². The molecular formula is C24H26ClF5N2O3. The van der Waals surface area contributed by atoms with E-state index in [-0.39, 0.29) is 42.1 Å². The Morgan fingerprint density at radius 3 is 2.57 bits per heavy atom. The fourth-order valence-electron chi connectivity index (χ4n) is 4.98. The van der Waals surface area contributed by atoms with Crippen LogP contribution in [0.5, 0.6) is 5.75 Å². The number of rotatable bonds is 5. The number of halogens is 6. The largest absolute Gasteiger partial charge is 0.471 e. The molecule has 0 bridgehead atoms. The number of nitrogens with one attached hydrogen (secondary N) is 1. The Balaban J connectivity index is 0.00000342. The van der Waals surface area contributed by atoms with Gasteiger partial charge in [-0.15, -0.1) is 12.4 Å². The van der Waals surface area contributed by atoms with E-state index in [1.165, 1.54) is 12.1 Å². The number of hydrogen-bond donors (Lipinski definition) is 1. The lowest BCUT2D eigenvalue weighted by atomic mass is 9.77. The van der Waals surface area contributed by atoms with Crippen LogP contribution in [0.1, 0.15) is 42.3 Å². The molecule has 4 rings (SSSR count). The quantitative estimate of drug-likeness (QED) is 0.521. The summed E-state index contributed by atoms with van der Waals surface area (Å²) in [4.78, 5) is 12.2. The van der Waals surface area contributed by atoms with Crippen molar-refractivity contribution in [2.75, 3.05) is 25.1 Å². The van der Waals surface area contributed by atoms with Crippen molar-refractivity contribution in [1.29, 1.82) is 0 Å². The number of benzene rings is 2. The van der Waals surface area contributed by atoms with E-state index in [1.807, 2.05) is 30.3 Å². The zero-order chi connectivity index (χ0) is 24.5. The Kier molecular flexibility index (Phi) is 8.28. The molecule has 0 aromatic heterocycles. The van der Waals surface area contributed by atoms with Crippen LogP contribution in [0.3, 0.4) is 0 Å². The standard InChI is InChI=1S/C24H25F5N2O3.ClH/c1-31(21(32)24(27,28)29)17-8-9-19(34-22(25)26)18(12-17)16-13-23(33-14-16)10-5-11-30-20(23)15-6-3-2-4-7-15;/h2-4,6-9,12,16,20,22,30H,5,10-11,13-14H2,1H3;1H. The Labute approximate surface area is 206 Å². The molecule has 192 valence electrons. The van der Waals surface area contributed by atoms with Gasteiger partial charge < -0.3 is 19.7 Å². The van der Waals surface area contributed by atoms with Gasteiger partial charge in [0.2, 0.25) is 0 Å². The lowest BCUT2D eigenvalue weighted by Gasteiger charge is -2.41. The van der Waals surface area contributed by atoms with Gasteiger partial charge in [0, 0.05) is 24.2 Å². The predicted molar refractivity (Wildman–Crippen MR) is 122 cm³/mol. The molecule has 2 fully saturated rings. The summed E-state index contributed by atoms with van der Waals surface area (Å²) in [5, 5.41) is 3.49. The molecule has 2 heterocycles. The molecule has 1 spiro atoms. The maximum Gasteiger partial charge on any atom is 0.471 e. The van der Waals surface area contributed by atoms with Gasteiger partial charge in [-0.1, -0.05) is 30.3 Å². The SMILES string of the molecule is CN(C(=O)C(F)(F)F)c1ccc(OC(F)F)c(C2COC3(CCCNC3c3ccccc3)C2)c1.Cl. The number of piperidine rings is 1. The van der Waals surface area contributed by atoms with E-state index in [1.54, 1.807) is 0 Å². The summed E-state index contributed by atoms with van der Waals surface area (Å²) in [7, 11) is 0.992. The molecule has 2 aromatic rings. The second kappa shape index (κ2) is 10.7. The van der Waals surface area contributed by atoms with Gasteiger partial charge in [0.1, 0.15) is 5.75 Å². The van der Waals surface area contributed by atoms with Crippen LogP contribution in [-0.2, 0) is 9.53 Å². The van der Waals surface area contributed by atoms with Crippen molar-refractivity contribution < 1.29 is 36.2 Å². The van der Waals surface area contributed by atoms with E-state index in [0.717, 1.165) is 38.1 Å². The second-order valence-electron chi connectivity index (χ2n) is 8.64. The highest BCUT2D eigenvalue weighted by atomic mass is 35.5. The number of amides is 1. The van der Waals surface area contributed by atoms with Crippen molar-refractivity contribution in [3.05, 3.63) is 59.7 Å². The summed E-state index contributed by atoms with van der Waals surface area (Å²) in [5.74, 6) is -2.60. The lowest BCUT2D eigenvalue weighted by molar-refractivity contribution is -0.170. The number of carbonyl (C=O) groups is 1. The number of carbonyl (C=O) groups excluding carboxylic acids is 1. The number of alkyl halides is 5. The Hall–Kier alpha value is -2.43. The molecular weight excluding hydrogens is 495 g/mol. The van der Waals surface area contributed by atoms with Crippen LogP contribution in [0.2, 0.25) is 0 Å². The van der Waals surface area contributed by atoms with Gasteiger partial charge in [0.15, 0.2) is 0 Å². The molecule has 3 atom stereocenters. The Morgan fingerprint density at radius 2 is 1.91 bits per heavy atom. The average Bonchev–Trinajstić information content (AvgIpc) is 3.22. The van der Waals surface area contributed by atoms with Gasteiger partial charge in [-0.3, -0.25) is 4.79 Å². The summed E-state index contributed by atoms with van der Waals surface area (Å²) >= 11 is 0. The number of anilines is 1. The second-order valence-corrected chi connectivity index (χ2v) is 8.64. The van der Waals surface area contributed by atoms with Crippen LogP contribution in [0, 0.1) is 0 Å². The van der Waals surface area contributed by atoms with E-state index in [2.05, 4.69) is 10.1 Å². The third-order valence-electron chi connectivity index (χ3n) is 6.53. The molecule has 5 nitrogen and oxygen atoms in total. The van der Waals surface area contributed by atoms with Crippen molar-refractivity contribution in [2.24, 2.45) is 0 Å². The van der Waals surface area contributed by atoms with Crippen LogP contribution < -0.4 is 15.0 Å². The van der Waals surface area contributed by atoms with Crippen LogP contribution in [0.25, 0.3) is 0 Å². The fourth-order valence-corrected chi connectivity index (χ4v) is 4.98. The minimum Gasteiger partial charge on any atom is -0.435 e. The van der Waals surface area contributed by atoms with Gasteiger partial charge in [-0.25, -0.2) is 0 Å². The zero-order valence-corrected chi connectivity index (χ0v) is 19.7. The summed E-state index contributed by atoms with van der Waals surface area (Å²) < 4.78 is 76.0. The fraction of sp³-hybridized carbons (Fsp3) is 0.458. The topological polar surface area (TPSA) is 50.8 Å². The van der Waals surface area contributed by atoms with Crippen molar-refractivity contribution in [3.8, 4) is 5.75 Å². The third kappa shape index (κ3) is 5.70. The monoisotopic (exact) mass is 520 g/mol. The van der Waals surface area contributed by atoms with E-state index < -0.39 is 30.2 Å². The summed E-state index contributed by atoms with van der Waals surface area (Å²) in [6.07, 6.45) is -3.00. The first kappa shape index (κ1) is 27.2. The first-order valence-electron chi connectivity index (χ1n) is 11.0. The highest BCUT2D eigenvalue weighted by Crippen LogP contribution is 2.50. The summed E-state index contributed by atoms with van der Waals surface area (Å²) in [5.41, 5.74) is 0.655. The van der Waals surface area contributed by atoms with Crippen molar-refractivity contribution in [3.63, 3.8) is 0 Å². The van der Waals surface area contributed by atoms with Crippen LogP contribution in [0.4, 0.5) is 27.6 Å². The lowest BCUT2D eigenvalue weighted by Crippen LogP contribution is -2.48. The molecule has 2 aliphatic rings. The molecule has 2 saturated heterocycles. The highest BCUT2D eigenvalue weighted by Gasteiger charge is 2.49. The summed E-state index contributed by atoms with van der Waals surface area (Å²) in [6.45, 7) is -2.12. The minimum absolute atomic E-state index is 0. The third-order valence-corrected chi connectivity index (χ3v) is 6.53. The van der Waals surface area contributed by atoms with E-state index in [0.29, 0.717) is 11.3 Å². The average molecular weight is 521 g/mol. The maximum atomic E-state index is 13.1. The maximum absolute atomic E-state index is 13.1. The zero-order valence-electron chi connectivity index (χ0n) is 18.9. The molecule has 0 saturated carbocycles. The molecule has 0 radical (unpaired) electrons. The molecule has 3 unspecified atom stereocenters. The molecule has 35 heavy (non-hydrogen) atoms. The van der Waals surface area contributed by atoms with Crippen LogP contribution >= 0.6 is 12.4 Å². The van der Waals surface area contributed by atoms with Crippen LogP contribution in [0.15, 0.2) is 48.5 Å². The molecule has 1 amide bonds. The van der Waals surface area contributed by atoms with Gasteiger partial charge >= 0.3 is 18.7 Å². The van der Waals surface area contributed by atoms with Crippen LogP contribution in [-0.4, -0.2) is 44.5 Å². The molecule has 11 heteroatoms. The van der Waals surface area contributed by atoms with Gasteiger partial charge in [0.05, 0.1) is 18.2 Å². The van der Waals surface area contributed by atoms with Gasteiger partial charge in [-0.05, 0) is 49.6 Å². The normalized spacial score (nSPS) is 24.3. The number of hydrogen-bond acceptors (Lipinski definition) is 4. The number of ether oxygens (including phenoxy) is 2. The molecule has 2 aliphatic heterocycles. The summed E-state index contributed by atoms with van der Waals surface area (Å²) in [6, 6.07) is 13.3. The van der Waals surface area contributed by atoms with Crippen molar-refractivity contribution in [1.82, 2.24) is 5.32 Å². The van der Waals surface area contributed by atoms with Gasteiger partial charge in [-0.2, -0.15) is 22.0 Å². The molecule has 1 N–H and O–H groups in total. The first-order valence-corrected chi connectivity index (χ1v) is 11.0. The highest BCUT2D eigenvalue weighted by molar-refractivity contribution is 5.97. The number of nitrogens with zero attached hydrogens (tertiary/aromatic N) is 1. The van der Waals surface area contributed by atoms with Gasteiger partial charge in [0.25, 0.3) is 0 Å². The predicted octanol–water partition coefficient (Wildman–Crippen LogP) is 5.60. The van der Waals surface area contributed by atoms with E-state index in [9.17, 15) is 26.7 Å². The van der Waals surface area contributed by atoms with E-state index >= 15 is 0 Å².